The maximum atomic E-state index is 2.40. The minimum atomic E-state index is 1.09. The molecule has 0 radical (unpaired) electrons. The van der Waals surface area contributed by atoms with Gasteiger partial charge >= 0.3 is 0 Å². The molecule has 0 spiro atoms. The van der Waals surface area contributed by atoms with Crippen molar-refractivity contribution < 1.29 is 0 Å². The molecule has 0 amide bonds. The summed E-state index contributed by atoms with van der Waals surface area (Å²) in [5, 5.41) is 10.0. The van der Waals surface area contributed by atoms with Crippen molar-refractivity contribution in [1.82, 2.24) is 0 Å². The first kappa shape index (κ1) is 34.5. The molecular formula is C58H39N. The second kappa shape index (κ2) is 14.6. The largest absolute Gasteiger partial charge is 0.310 e. The summed E-state index contributed by atoms with van der Waals surface area (Å²) in [5.74, 6) is 0. The fourth-order valence-corrected chi connectivity index (χ4v) is 9.13. The van der Waals surface area contributed by atoms with E-state index in [9.17, 15) is 0 Å². The molecule has 0 saturated heterocycles. The fraction of sp³-hybridized carbons (Fsp3) is 0. The summed E-state index contributed by atoms with van der Waals surface area (Å²) in [6, 6.07) is 86.2. The van der Waals surface area contributed by atoms with E-state index in [4.69, 9.17) is 0 Å². The number of anilines is 3. The highest BCUT2D eigenvalue weighted by molar-refractivity contribution is 6.21. The summed E-state index contributed by atoms with van der Waals surface area (Å²) in [5.41, 5.74) is 13.0. The maximum Gasteiger partial charge on any atom is 0.0467 e. The third-order valence-corrected chi connectivity index (χ3v) is 11.8. The molecule has 0 atom stereocenters. The van der Waals surface area contributed by atoms with Crippen molar-refractivity contribution in [1.29, 1.82) is 0 Å². The molecule has 0 fully saturated rings. The maximum absolute atomic E-state index is 2.40. The van der Waals surface area contributed by atoms with Gasteiger partial charge in [0.25, 0.3) is 0 Å². The van der Waals surface area contributed by atoms with Crippen LogP contribution in [0.3, 0.4) is 0 Å². The zero-order valence-electron chi connectivity index (χ0n) is 32.5. The molecule has 11 aromatic carbocycles. The lowest BCUT2D eigenvalue weighted by Crippen LogP contribution is -2.10. The van der Waals surface area contributed by atoms with Crippen LogP contribution in [0, 0.1) is 0 Å². The van der Waals surface area contributed by atoms with Gasteiger partial charge in [0.2, 0.25) is 0 Å². The van der Waals surface area contributed by atoms with Crippen LogP contribution >= 0.6 is 0 Å². The predicted molar refractivity (Wildman–Crippen MR) is 253 cm³/mol. The molecule has 0 heterocycles. The van der Waals surface area contributed by atoms with Crippen LogP contribution in [0.15, 0.2) is 237 Å². The van der Waals surface area contributed by atoms with Crippen molar-refractivity contribution in [2.75, 3.05) is 4.90 Å². The molecule has 59 heavy (non-hydrogen) atoms. The van der Waals surface area contributed by atoms with Crippen LogP contribution in [0.1, 0.15) is 0 Å². The molecule has 0 unspecified atom stereocenters. The average molecular weight is 750 g/mol. The van der Waals surface area contributed by atoms with Gasteiger partial charge in [-0.15, -0.1) is 0 Å². The van der Waals surface area contributed by atoms with Crippen LogP contribution in [0.2, 0.25) is 0 Å². The lowest BCUT2D eigenvalue weighted by atomic mass is 9.85. The number of nitrogens with zero attached hydrogens (tertiary/aromatic N) is 1. The van der Waals surface area contributed by atoms with E-state index in [1.54, 1.807) is 0 Å². The Balaban J connectivity index is 1.10. The highest BCUT2D eigenvalue weighted by Crippen LogP contribution is 2.46. The first-order valence-electron chi connectivity index (χ1n) is 20.3. The zero-order chi connectivity index (χ0) is 39.1. The van der Waals surface area contributed by atoms with Crippen LogP contribution < -0.4 is 4.90 Å². The van der Waals surface area contributed by atoms with Crippen molar-refractivity contribution in [3.05, 3.63) is 237 Å². The summed E-state index contributed by atoms with van der Waals surface area (Å²) in [7, 11) is 0. The second-order valence-corrected chi connectivity index (χ2v) is 15.2. The van der Waals surface area contributed by atoms with E-state index >= 15 is 0 Å². The highest BCUT2D eigenvalue weighted by atomic mass is 15.1. The molecule has 11 aromatic rings. The van der Waals surface area contributed by atoms with Gasteiger partial charge in [-0.1, -0.05) is 200 Å². The van der Waals surface area contributed by atoms with E-state index in [-0.39, 0.29) is 0 Å². The molecule has 276 valence electrons. The van der Waals surface area contributed by atoms with Gasteiger partial charge in [-0.3, -0.25) is 0 Å². The molecule has 0 aliphatic carbocycles. The van der Waals surface area contributed by atoms with Crippen LogP contribution in [-0.4, -0.2) is 0 Å². The van der Waals surface area contributed by atoms with Gasteiger partial charge < -0.3 is 4.90 Å². The Morgan fingerprint density at radius 1 is 0.220 bits per heavy atom. The van der Waals surface area contributed by atoms with Crippen molar-refractivity contribution in [2.24, 2.45) is 0 Å². The van der Waals surface area contributed by atoms with Crippen LogP contribution in [0.25, 0.3) is 87.6 Å². The molecule has 11 rings (SSSR count). The molecular weight excluding hydrogens is 711 g/mol. The van der Waals surface area contributed by atoms with Crippen LogP contribution in [0.4, 0.5) is 17.1 Å². The molecule has 1 heteroatoms. The minimum absolute atomic E-state index is 1.09. The molecule has 0 aliphatic rings. The van der Waals surface area contributed by atoms with E-state index in [0.717, 1.165) is 17.1 Å². The van der Waals surface area contributed by atoms with E-state index < -0.39 is 0 Å². The van der Waals surface area contributed by atoms with Crippen molar-refractivity contribution in [2.45, 2.75) is 0 Å². The molecule has 0 N–H and O–H groups in total. The number of hydrogen-bond acceptors (Lipinski definition) is 1. The predicted octanol–water partition coefficient (Wildman–Crippen LogP) is 16.4. The standard InChI is InChI=1S/C58H39N/c1-2-17-44(18-3-1)57-55-27-10-8-25-53(55)54-26-9-11-28-56(54)58(57)45-21-12-22-48(39-45)59(46-35-31-42(32-36-46)51-29-13-19-40-15-4-6-23-49(40)51)47-37-33-43(34-38-47)52-30-14-20-41-16-5-7-24-50(41)52/h1-39H. The monoisotopic (exact) mass is 749 g/mol. The molecule has 0 aliphatic heterocycles. The number of benzene rings is 11. The van der Waals surface area contributed by atoms with E-state index in [1.165, 1.54) is 87.6 Å². The minimum Gasteiger partial charge on any atom is -0.310 e. The van der Waals surface area contributed by atoms with Crippen LogP contribution in [0.5, 0.6) is 0 Å². The fourth-order valence-electron chi connectivity index (χ4n) is 9.13. The van der Waals surface area contributed by atoms with E-state index in [2.05, 4.69) is 241 Å². The van der Waals surface area contributed by atoms with Gasteiger partial charge in [0, 0.05) is 17.1 Å². The summed E-state index contributed by atoms with van der Waals surface area (Å²) in [6.07, 6.45) is 0. The third kappa shape index (κ3) is 6.12. The third-order valence-electron chi connectivity index (χ3n) is 11.8. The molecule has 0 aromatic heterocycles. The molecule has 0 saturated carbocycles. The Morgan fingerprint density at radius 3 is 1.14 bits per heavy atom. The SMILES string of the molecule is c1ccc(-c2c(-c3cccc(N(c4ccc(-c5cccc6ccccc56)cc4)c4ccc(-c5cccc6ccccc56)cc4)c3)c3ccccc3c3ccccc23)cc1. The average Bonchev–Trinajstić information content (AvgIpc) is 3.32. The molecule has 0 bridgehead atoms. The Labute approximate surface area is 344 Å². The summed E-state index contributed by atoms with van der Waals surface area (Å²) < 4.78 is 0. The van der Waals surface area contributed by atoms with Crippen molar-refractivity contribution >= 4 is 60.2 Å². The molecule has 1 nitrogen and oxygen atoms in total. The number of fused-ring (bicyclic) bond motifs is 5. The Morgan fingerprint density at radius 2 is 0.610 bits per heavy atom. The second-order valence-electron chi connectivity index (χ2n) is 15.2. The Bertz CT molecular complexity index is 3170. The van der Waals surface area contributed by atoms with Gasteiger partial charge in [-0.05, 0) is 124 Å². The van der Waals surface area contributed by atoms with E-state index in [1.807, 2.05) is 0 Å². The zero-order valence-corrected chi connectivity index (χ0v) is 32.5. The summed E-state index contributed by atoms with van der Waals surface area (Å²) in [4.78, 5) is 2.40. The number of hydrogen-bond donors (Lipinski definition) is 0. The topological polar surface area (TPSA) is 3.24 Å². The first-order chi connectivity index (χ1) is 29.3. The summed E-state index contributed by atoms with van der Waals surface area (Å²) in [6.45, 7) is 0. The smallest absolute Gasteiger partial charge is 0.0467 e. The van der Waals surface area contributed by atoms with Gasteiger partial charge in [0.1, 0.15) is 0 Å². The van der Waals surface area contributed by atoms with Gasteiger partial charge in [0.05, 0.1) is 0 Å². The van der Waals surface area contributed by atoms with E-state index in [0.29, 0.717) is 0 Å². The van der Waals surface area contributed by atoms with Gasteiger partial charge in [-0.2, -0.15) is 0 Å². The van der Waals surface area contributed by atoms with Gasteiger partial charge in [0.15, 0.2) is 0 Å². The number of rotatable bonds is 7. The van der Waals surface area contributed by atoms with Crippen molar-refractivity contribution in [3.63, 3.8) is 0 Å². The highest BCUT2D eigenvalue weighted by Gasteiger charge is 2.20. The Kier molecular flexibility index (Phi) is 8.56. The van der Waals surface area contributed by atoms with Crippen molar-refractivity contribution in [3.8, 4) is 44.5 Å². The van der Waals surface area contributed by atoms with Gasteiger partial charge in [-0.25, -0.2) is 0 Å². The Hall–Kier alpha value is -7.74. The lowest BCUT2D eigenvalue weighted by Gasteiger charge is -2.27. The first-order valence-corrected chi connectivity index (χ1v) is 20.3. The summed E-state index contributed by atoms with van der Waals surface area (Å²) >= 11 is 0. The normalized spacial score (nSPS) is 11.4. The quantitative estimate of drug-likeness (QED) is 0.147. The van der Waals surface area contributed by atoms with Crippen LogP contribution in [-0.2, 0) is 0 Å². The lowest BCUT2D eigenvalue weighted by molar-refractivity contribution is 1.28.